The van der Waals surface area contributed by atoms with E-state index in [1.54, 1.807) is 0 Å². The SMILES string of the molecule is CC1CO[C@@H](Cc2ccc(F)cc2)CN1Cc1ccccc1. The Hall–Kier alpha value is -1.71. The molecule has 3 heteroatoms. The number of hydrogen-bond acceptors (Lipinski definition) is 2. The molecule has 0 bridgehead atoms. The summed E-state index contributed by atoms with van der Waals surface area (Å²) in [6, 6.07) is 17.7. The number of ether oxygens (including phenoxy) is 1. The molecule has 3 rings (SSSR count). The first-order chi connectivity index (χ1) is 10.7. The van der Waals surface area contributed by atoms with Crippen molar-refractivity contribution in [2.45, 2.75) is 32.0 Å². The van der Waals surface area contributed by atoms with Crippen molar-refractivity contribution in [3.63, 3.8) is 0 Å². The molecule has 1 fully saturated rings. The van der Waals surface area contributed by atoms with Crippen LogP contribution in [-0.4, -0.2) is 30.2 Å². The highest BCUT2D eigenvalue weighted by Gasteiger charge is 2.26. The van der Waals surface area contributed by atoms with Crippen molar-refractivity contribution in [3.8, 4) is 0 Å². The summed E-state index contributed by atoms with van der Waals surface area (Å²) in [5.41, 5.74) is 2.46. The van der Waals surface area contributed by atoms with Crippen LogP contribution in [0.4, 0.5) is 4.39 Å². The molecule has 0 spiro atoms. The average Bonchev–Trinajstić information content (AvgIpc) is 2.54. The molecule has 1 aliphatic heterocycles. The maximum absolute atomic E-state index is 13.0. The molecule has 1 aliphatic rings. The fourth-order valence-corrected chi connectivity index (χ4v) is 2.92. The maximum atomic E-state index is 13.0. The summed E-state index contributed by atoms with van der Waals surface area (Å²) in [4.78, 5) is 2.47. The summed E-state index contributed by atoms with van der Waals surface area (Å²) in [6.45, 7) is 4.81. The number of hydrogen-bond donors (Lipinski definition) is 0. The topological polar surface area (TPSA) is 12.5 Å². The lowest BCUT2D eigenvalue weighted by atomic mass is 10.0. The Balaban J connectivity index is 1.61. The van der Waals surface area contributed by atoms with Gasteiger partial charge in [-0.05, 0) is 36.6 Å². The van der Waals surface area contributed by atoms with Crippen LogP contribution in [0.5, 0.6) is 0 Å². The van der Waals surface area contributed by atoms with Gasteiger partial charge in [-0.25, -0.2) is 4.39 Å². The standard InChI is InChI=1S/C19H22FNO/c1-15-14-22-19(11-16-7-9-18(20)10-8-16)13-21(15)12-17-5-3-2-4-6-17/h2-10,15,19H,11-14H2,1H3/t15?,19-/m0/s1. The first kappa shape index (κ1) is 15.2. The number of benzene rings is 2. The highest BCUT2D eigenvalue weighted by molar-refractivity contribution is 5.17. The molecule has 0 amide bonds. The molecule has 2 nitrogen and oxygen atoms in total. The van der Waals surface area contributed by atoms with Crippen molar-refractivity contribution in [1.29, 1.82) is 0 Å². The minimum Gasteiger partial charge on any atom is -0.375 e. The van der Waals surface area contributed by atoms with Crippen molar-refractivity contribution < 1.29 is 9.13 Å². The van der Waals surface area contributed by atoms with Crippen LogP contribution in [0.15, 0.2) is 54.6 Å². The van der Waals surface area contributed by atoms with E-state index in [1.807, 2.05) is 18.2 Å². The van der Waals surface area contributed by atoms with Crippen molar-refractivity contribution in [3.05, 3.63) is 71.5 Å². The van der Waals surface area contributed by atoms with Gasteiger partial charge in [0.05, 0.1) is 12.7 Å². The molecule has 0 N–H and O–H groups in total. The summed E-state index contributed by atoms with van der Waals surface area (Å²) in [5, 5.41) is 0. The van der Waals surface area contributed by atoms with Gasteiger partial charge in [0.25, 0.3) is 0 Å². The van der Waals surface area contributed by atoms with Gasteiger partial charge in [-0.2, -0.15) is 0 Å². The van der Waals surface area contributed by atoms with Crippen LogP contribution >= 0.6 is 0 Å². The molecule has 0 saturated carbocycles. The Morgan fingerprint density at radius 3 is 2.50 bits per heavy atom. The fourth-order valence-electron chi connectivity index (χ4n) is 2.92. The second-order valence-electron chi connectivity index (χ2n) is 6.05. The third-order valence-corrected chi connectivity index (χ3v) is 4.24. The molecule has 0 aliphatic carbocycles. The van der Waals surface area contributed by atoms with E-state index >= 15 is 0 Å². The first-order valence-corrected chi connectivity index (χ1v) is 7.85. The van der Waals surface area contributed by atoms with Crippen LogP contribution in [0, 0.1) is 5.82 Å². The van der Waals surface area contributed by atoms with Crippen LogP contribution in [0.2, 0.25) is 0 Å². The smallest absolute Gasteiger partial charge is 0.123 e. The molecule has 116 valence electrons. The summed E-state index contributed by atoms with van der Waals surface area (Å²) in [5.74, 6) is -0.187. The fraction of sp³-hybridized carbons (Fsp3) is 0.368. The van der Waals surface area contributed by atoms with Gasteiger partial charge in [0.1, 0.15) is 5.82 Å². The largest absolute Gasteiger partial charge is 0.375 e. The molecule has 0 radical (unpaired) electrons. The molecule has 0 aromatic heterocycles. The molecule has 22 heavy (non-hydrogen) atoms. The van der Waals surface area contributed by atoms with Crippen molar-refractivity contribution in [2.75, 3.05) is 13.2 Å². The predicted octanol–water partition coefficient (Wildman–Crippen LogP) is 3.66. The van der Waals surface area contributed by atoms with E-state index in [0.717, 1.165) is 31.7 Å². The number of rotatable bonds is 4. The van der Waals surface area contributed by atoms with Crippen LogP contribution in [0.25, 0.3) is 0 Å². The van der Waals surface area contributed by atoms with E-state index in [1.165, 1.54) is 17.7 Å². The highest BCUT2D eigenvalue weighted by atomic mass is 19.1. The van der Waals surface area contributed by atoms with Gasteiger partial charge in [0.2, 0.25) is 0 Å². The lowest BCUT2D eigenvalue weighted by molar-refractivity contribution is -0.0606. The van der Waals surface area contributed by atoms with Crippen LogP contribution in [-0.2, 0) is 17.7 Å². The lowest BCUT2D eigenvalue weighted by Gasteiger charge is -2.38. The second kappa shape index (κ2) is 7.03. The zero-order valence-corrected chi connectivity index (χ0v) is 12.9. The van der Waals surface area contributed by atoms with Crippen molar-refractivity contribution in [1.82, 2.24) is 4.90 Å². The Bertz CT molecular complexity index is 584. The van der Waals surface area contributed by atoms with E-state index in [2.05, 4.69) is 36.1 Å². The number of nitrogens with zero attached hydrogens (tertiary/aromatic N) is 1. The van der Waals surface area contributed by atoms with Crippen molar-refractivity contribution >= 4 is 0 Å². The number of halogens is 1. The minimum atomic E-state index is -0.187. The molecular weight excluding hydrogens is 277 g/mol. The molecular formula is C19H22FNO. The molecule has 2 atom stereocenters. The van der Waals surface area contributed by atoms with E-state index < -0.39 is 0 Å². The van der Waals surface area contributed by atoms with E-state index in [9.17, 15) is 4.39 Å². The van der Waals surface area contributed by atoms with Crippen LogP contribution < -0.4 is 0 Å². The molecule has 1 heterocycles. The normalized spacial score (nSPS) is 22.6. The summed E-state index contributed by atoms with van der Waals surface area (Å²) in [7, 11) is 0. The van der Waals surface area contributed by atoms with Gasteiger partial charge >= 0.3 is 0 Å². The van der Waals surface area contributed by atoms with Gasteiger partial charge < -0.3 is 4.74 Å². The molecule has 1 unspecified atom stereocenters. The monoisotopic (exact) mass is 299 g/mol. The first-order valence-electron chi connectivity index (χ1n) is 7.85. The minimum absolute atomic E-state index is 0.172. The molecule has 1 saturated heterocycles. The lowest BCUT2D eigenvalue weighted by Crippen LogP contribution is -2.48. The van der Waals surface area contributed by atoms with E-state index in [0.29, 0.717) is 6.04 Å². The zero-order valence-electron chi connectivity index (χ0n) is 12.9. The van der Waals surface area contributed by atoms with Gasteiger partial charge in [-0.15, -0.1) is 0 Å². The van der Waals surface area contributed by atoms with Gasteiger partial charge in [-0.1, -0.05) is 42.5 Å². The summed E-state index contributed by atoms with van der Waals surface area (Å²) < 4.78 is 18.9. The van der Waals surface area contributed by atoms with Gasteiger partial charge in [0, 0.05) is 19.1 Å². The van der Waals surface area contributed by atoms with Crippen LogP contribution in [0.3, 0.4) is 0 Å². The van der Waals surface area contributed by atoms with E-state index in [4.69, 9.17) is 4.74 Å². The second-order valence-corrected chi connectivity index (χ2v) is 6.05. The van der Waals surface area contributed by atoms with Crippen LogP contribution in [0.1, 0.15) is 18.1 Å². The zero-order chi connectivity index (χ0) is 15.4. The van der Waals surface area contributed by atoms with Gasteiger partial charge in [-0.3, -0.25) is 4.90 Å². The quantitative estimate of drug-likeness (QED) is 0.854. The highest BCUT2D eigenvalue weighted by Crippen LogP contribution is 2.18. The Labute approximate surface area is 131 Å². The Morgan fingerprint density at radius 2 is 1.77 bits per heavy atom. The summed E-state index contributed by atoms with van der Waals surface area (Å²) in [6.07, 6.45) is 1.00. The average molecular weight is 299 g/mol. The number of morpholine rings is 1. The molecule has 2 aromatic carbocycles. The molecule has 2 aromatic rings. The third kappa shape index (κ3) is 3.93. The Kier molecular flexibility index (Phi) is 4.86. The van der Waals surface area contributed by atoms with E-state index in [-0.39, 0.29) is 11.9 Å². The van der Waals surface area contributed by atoms with Gasteiger partial charge in [0.15, 0.2) is 0 Å². The summed E-state index contributed by atoms with van der Waals surface area (Å²) >= 11 is 0. The predicted molar refractivity (Wildman–Crippen MR) is 86.2 cm³/mol. The third-order valence-electron chi connectivity index (χ3n) is 4.24. The Morgan fingerprint density at radius 1 is 1.05 bits per heavy atom. The van der Waals surface area contributed by atoms with Crippen molar-refractivity contribution in [2.24, 2.45) is 0 Å². The maximum Gasteiger partial charge on any atom is 0.123 e.